The van der Waals surface area contributed by atoms with Gasteiger partial charge in [-0.25, -0.2) is 4.79 Å². The van der Waals surface area contributed by atoms with Gasteiger partial charge < -0.3 is 9.47 Å². The summed E-state index contributed by atoms with van der Waals surface area (Å²) in [6, 6.07) is 7.75. The molecule has 0 atom stereocenters. The summed E-state index contributed by atoms with van der Waals surface area (Å²) in [6.07, 6.45) is 0. The van der Waals surface area contributed by atoms with E-state index in [0.717, 1.165) is 0 Å². The van der Waals surface area contributed by atoms with E-state index >= 15 is 0 Å². The third kappa shape index (κ3) is 3.93. The molecule has 0 heterocycles. The first-order valence-electron chi connectivity index (χ1n) is 5.52. The molecule has 0 saturated carbocycles. The van der Waals surface area contributed by atoms with Crippen LogP contribution in [0.25, 0.3) is 0 Å². The lowest BCUT2D eigenvalue weighted by atomic mass is 10.0. The lowest BCUT2D eigenvalue weighted by Crippen LogP contribution is -2.14. The van der Waals surface area contributed by atoms with E-state index in [4.69, 9.17) is 9.47 Å². The van der Waals surface area contributed by atoms with Gasteiger partial charge in [0.1, 0.15) is 5.75 Å². The zero-order valence-corrected chi connectivity index (χ0v) is 10.0. The molecular formula is C13H18O3. The lowest BCUT2D eigenvalue weighted by Gasteiger charge is -2.08. The summed E-state index contributed by atoms with van der Waals surface area (Å²) in [5.74, 6) is 0.854. The highest BCUT2D eigenvalue weighted by Crippen LogP contribution is 2.18. The van der Waals surface area contributed by atoms with Crippen LogP contribution in [-0.4, -0.2) is 19.2 Å². The molecule has 0 bridgehead atoms. The molecule has 0 aromatic heterocycles. The molecule has 1 rings (SSSR count). The van der Waals surface area contributed by atoms with Gasteiger partial charge in [0.2, 0.25) is 0 Å². The molecule has 16 heavy (non-hydrogen) atoms. The highest BCUT2D eigenvalue weighted by molar-refractivity contribution is 5.71. The highest BCUT2D eigenvalue weighted by atomic mass is 16.6. The maximum atomic E-state index is 11.0. The number of hydrogen-bond acceptors (Lipinski definition) is 3. The van der Waals surface area contributed by atoms with Gasteiger partial charge in [0.25, 0.3) is 0 Å². The molecule has 0 aliphatic heterocycles. The van der Waals surface area contributed by atoms with Crippen LogP contribution in [0.2, 0.25) is 0 Å². The molecule has 88 valence electrons. The van der Waals surface area contributed by atoms with E-state index in [-0.39, 0.29) is 12.6 Å². The first-order valence-corrected chi connectivity index (χ1v) is 5.52. The van der Waals surface area contributed by atoms with Crippen molar-refractivity contribution in [2.45, 2.75) is 26.7 Å². The van der Waals surface area contributed by atoms with Crippen molar-refractivity contribution in [3.63, 3.8) is 0 Å². The standard InChI is InChI=1S/C13H18O3/c1-4-15-13(14)9-16-12-7-5-11(6-8-12)10(2)3/h5-8,10H,4,9H2,1-3H3. The molecule has 0 N–H and O–H groups in total. The van der Waals surface area contributed by atoms with E-state index in [1.165, 1.54) is 5.56 Å². The maximum absolute atomic E-state index is 11.0. The van der Waals surface area contributed by atoms with Crippen LogP contribution in [0.1, 0.15) is 32.3 Å². The van der Waals surface area contributed by atoms with Crippen molar-refractivity contribution >= 4 is 5.97 Å². The Kier molecular flexibility index (Phi) is 4.83. The Morgan fingerprint density at radius 2 is 1.88 bits per heavy atom. The van der Waals surface area contributed by atoms with E-state index in [1.54, 1.807) is 6.92 Å². The molecule has 0 saturated heterocycles. The molecule has 0 spiro atoms. The van der Waals surface area contributed by atoms with Crippen LogP contribution in [0.15, 0.2) is 24.3 Å². The number of benzene rings is 1. The van der Waals surface area contributed by atoms with Gasteiger partial charge >= 0.3 is 5.97 Å². The SMILES string of the molecule is CCOC(=O)COc1ccc(C(C)C)cc1. The summed E-state index contributed by atoms with van der Waals surface area (Å²) < 4.78 is 10.0. The number of hydrogen-bond donors (Lipinski definition) is 0. The Hall–Kier alpha value is -1.51. The Balaban J connectivity index is 2.46. The van der Waals surface area contributed by atoms with Gasteiger partial charge in [0, 0.05) is 0 Å². The minimum atomic E-state index is -0.338. The maximum Gasteiger partial charge on any atom is 0.344 e. The summed E-state index contributed by atoms with van der Waals surface area (Å²) in [5.41, 5.74) is 1.25. The topological polar surface area (TPSA) is 35.5 Å². The van der Waals surface area contributed by atoms with Crippen molar-refractivity contribution in [3.05, 3.63) is 29.8 Å². The Labute approximate surface area is 96.4 Å². The van der Waals surface area contributed by atoms with Crippen LogP contribution in [0.4, 0.5) is 0 Å². The fourth-order valence-corrected chi connectivity index (χ4v) is 1.29. The molecule has 0 fully saturated rings. The van der Waals surface area contributed by atoms with Gasteiger partial charge in [0.05, 0.1) is 6.61 Å². The molecule has 1 aromatic rings. The van der Waals surface area contributed by atoms with Gasteiger partial charge in [-0.2, -0.15) is 0 Å². The monoisotopic (exact) mass is 222 g/mol. The van der Waals surface area contributed by atoms with Crippen molar-refractivity contribution in [1.29, 1.82) is 0 Å². The molecule has 0 aliphatic carbocycles. The molecule has 3 nitrogen and oxygen atoms in total. The average molecular weight is 222 g/mol. The number of esters is 1. The highest BCUT2D eigenvalue weighted by Gasteiger charge is 2.03. The molecule has 0 unspecified atom stereocenters. The molecule has 1 aromatic carbocycles. The predicted octanol–water partition coefficient (Wildman–Crippen LogP) is 2.75. The Morgan fingerprint density at radius 3 is 2.38 bits per heavy atom. The van der Waals surface area contributed by atoms with Crippen LogP contribution in [0.3, 0.4) is 0 Å². The van der Waals surface area contributed by atoms with Crippen molar-refractivity contribution < 1.29 is 14.3 Å². The number of carbonyl (C=O) groups is 1. The third-order valence-electron chi connectivity index (χ3n) is 2.21. The summed E-state index contributed by atoms with van der Waals surface area (Å²) in [6.45, 7) is 6.39. The van der Waals surface area contributed by atoms with E-state index in [9.17, 15) is 4.79 Å². The first kappa shape index (κ1) is 12.6. The van der Waals surface area contributed by atoms with Crippen LogP contribution >= 0.6 is 0 Å². The van der Waals surface area contributed by atoms with Crippen LogP contribution in [0.5, 0.6) is 5.75 Å². The van der Waals surface area contributed by atoms with Crippen molar-refractivity contribution in [2.75, 3.05) is 13.2 Å². The Morgan fingerprint density at radius 1 is 1.25 bits per heavy atom. The lowest BCUT2D eigenvalue weighted by molar-refractivity contribution is -0.145. The molecule has 3 heteroatoms. The predicted molar refractivity (Wildman–Crippen MR) is 62.7 cm³/mol. The minimum absolute atomic E-state index is 0.0329. The van der Waals surface area contributed by atoms with Gasteiger partial charge in [-0.15, -0.1) is 0 Å². The summed E-state index contributed by atoms with van der Waals surface area (Å²) in [4.78, 5) is 11.0. The average Bonchev–Trinajstić information content (AvgIpc) is 2.27. The second-order valence-corrected chi connectivity index (χ2v) is 3.82. The fourth-order valence-electron chi connectivity index (χ4n) is 1.29. The van der Waals surface area contributed by atoms with Crippen molar-refractivity contribution in [1.82, 2.24) is 0 Å². The summed E-state index contributed by atoms with van der Waals surface area (Å²) in [7, 11) is 0. The van der Waals surface area contributed by atoms with Gasteiger partial charge in [-0.05, 0) is 30.5 Å². The third-order valence-corrected chi connectivity index (χ3v) is 2.21. The number of ether oxygens (including phenoxy) is 2. The van der Waals surface area contributed by atoms with E-state index in [2.05, 4.69) is 13.8 Å². The second-order valence-electron chi connectivity index (χ2n) is 3.82. The van der Waals surface area contributed by atoms with Gasteiger partial charge in [-0.3, -0.25) is 0 Å². The first-order chi connectivity index (χ1) is 7.63. The molecule has 0 aliphatic rings. The van der Waals surface area contributed by atoms with Crippen LogP contribution < -0.4 is 4.74 Å². The van der Waals surface area contributed by atoms with Crippen LogP contribution in [0, 0.1) is 0 Å². The van der Waals surface area contributed by atoms with E-state index in [0.29, 0.717) is 18.3 Å². The van der Waals surface area contributed by atoms with Gasteiger partial charge in [0.15, 0.2) is 6.61 Å². The molecule has 0 amide bonds. The zero-order valence-electron chi connectivity index (χ0n) is 10.0. The minimum Gasteiger partial charge on any atom is -0.482 e. The normalized spacial score (nSPS) is 10.2. The largest absolute Gasteiger partial charge is 0.482 e. The number of carbonyl (C=O) groups excluding carboxylic acids is 1. The van der Waals surface area contributed by atoms with E-state index in [1.807, 2.05) is 24.3 Å². The summed E-state index contributed by atoms with van der Waals surface area (Å²) >= 11 is 0. The van der Waals surface area contributed by atoms with Gasteiger partial charge in [-0.1, -0.05) is 26.0 Å². The Bertz CT molecular complexity index is 328. The number of rotatable bonds is 5. The smallest absolute Gasteiger partial charge is 0.344 e. The zero-order chi connectivity index (χ0) is 12.0. The van der Waals surface area contributed by atoms with Crippen molar-refractivity contribution in [3.8, 4) is 5.75 Å². The summed E-state index contributed by atoms with van der Waals surface area (Å²) in [5, 5.41) is 0. The fraction of sp³-hybridized carbons (Fsp3) is 0.462. The van der Waals surface area contributed by atoms with Crippen molar-refractivity contribution in [2.24, 2.45) is 0 Å². The quantitative estimate of drug-likeness (QED) is 0.719. The van der Waals surface area contributed by atoms with Crippen LogP contribution in [-0.2, 0) is 9.53 Å². The van der Waals surface area contributed by atoms with E-state index < -0.39 is 0 Å². The second kappa shape index (κ2) is 6.16. The molecule has 0 radical (unpaired) electrons. The molecular weight excluding hydrogens is 204 g/mol.